The van der Waals surface area contributed by atoms with E-state index in [2.05, 4.69) is 16.6 Å². The first-order valence-electron chi connectivity index (χ1n) is 5.41. The van der Waals surface area contributed by atoms with Gasteiger partial charge in [0.25, 0.3) is 5.91 Å². The Morgan fingerprint density at radius 2 is 2.35 bits per heavy atom. The number of thioether (sulfide) groups is 1. The van der Waals surface area contributed by atoms with E-state index in [9.17, 15) is 4.79 Å². The maximum atomic E-state index is 11.6. The Labute approximate surface area is 105 Å². The predicted octanol–water partition coefficient (Wildman–Crippen LogP) is 1.83. The van der Waals surface area contributed by atoms with E-state index >= 15 is 0 Å². The molecular formula is C12H15N3OS. The molecular weight excluding hydrogens is 234 g/mol. The lowest BCUT2D eigenvalue weighted by Crippen LogP contribution is -2.25. The molecule has 0 aliphatic heterocycles. The van der Waals surface area contributed by atoms with Gasteiger partial charge in [-0.25, -0.2) is 4.98 Å². The molecule has 1 aromatic heterocycles. The third-order valence-corrected chi connectivity index (χ3v) is 2.88. The SMILES string of the molecule is CSCCCCNC(=O)c1ccc(C#N)cn1. The van der Waals surface area contributed by atoms with Crippen LogP contribution in [0.3, 0.4) is 0 Å². The summed E-state index contributed by atoms with van der Waals surface area (Å²) >= 11 is 1.81. The van der Waals surface area contributed by atoms with E-state index in [4.69, 9.17) is 5.26 Å². The number of rotatable bonds is 6. The van der Waals surface area contributed by atoms with E-state index in [0.29, 0.717) is 17.8 Å². The standard InChI is InChI=1S/C12H15N3OS/c1-17-7-3-2-6-14-12(16)11-5-4-10(8-13)9-15-11/h4-5,9H,2-3,6-7H2,1H3,(H,14,16). The van der Waals surface area contributed by atoms with Gasteiger partial charge in [-0.1, -0.05) is 0 Å². The van der Waals surface area contributed by atoms with Crippen molar-refractivity contribution >= 4 is 17.7 Å². The molecule has 1 rings (SSSR count). The van der Waals surface area contributed by atoms with Crippen molar-refractivity contribution in [1.82, 2.24) is 10.3 Å². The molecule has 0 saturated heterocycles. The number of nitrogens with zero attached hydrogens (tertiary/aromatic N) is 2. The Bertz CT molecular complexity index is 397. The maximum absolute atomic E-state index is 11.6. The quantitative estimate of drug-likeness (QED) is 0.781. The number of nitriles is 1. The van der Waals surface area contributed by atoms with Crippen molar-refractivity contribution in [2.45, 2.75) is 12.8 Å². The van der Waals surface area contributed by atoms with Crippen LogP contribution in [0.4, 0.5) is 0 Å². The molecule has 0 aliphatic rings. The van der Waals surface area contributed by atoms with E-state index in [-0.39, 0.29) is 5.91 Å². The molecule has 1 aromatic rings. The van der Waals surface area contributed by atoms with Gasteiger partial charge in [0.15, 0.2) is 0 Å². The summed E-state index contributed by atoms with van der Waals surface area (Å²) in [5.41, 5.74) is 0.815. The van der Waals surface area contributed by atoms with Crippen LogP contribution in [0.2, 0.25) is 0 Å². The summed E-state index contributed by atoms with van der Waals surface area (Å²) in [6, 6.07) is 5.12. The monoisotopic (exact) mass is 249 g/mol. The lowest BCUT2D eigenvalue weighted by atomic mass is 10.2. The van der Waals surface area contributed by atoms with Crippen molar-refractivity contribution in [3.05, 3.63) is 29.6 Å². The van der Waals surface area contributed by atoms with E-state index in [0.717, 1.165) is 18.6 Å². The van der Waals surface area contributed by atoms with Gasteiger partial charge in [-0.3, -0.25) is 4.79 Å². The predicted molar refractivity (Wildman–Crippen MR) is 68.9 cm³/mol. The third-order valence-electron chi connectivity index (χ3n) is 2.19. The Kier molecular flexibility index (Phi) is 6.12. The molecule has 0 fully saturated rings. The van der Waals surface area contributed by atoms with Crippen molar-refractivity contribution in [3.8, 4) is 6.07 Å². The number of amides is 1. The first-order valence-corrected chi connectivity index (χ1v) is 6.80. The molecule has 1 heterocycles. The summed E-state index contributed by atoms with van der Waals surface area (Å²) in [6.45, 7) is 0.668. The van der Waals surface area contributed by atoms with Gasteiger partial charge >= 0.3 is 0 Å². The summed E-state index contributed by atoms with van der Waals surface area (Å²) in [5, 5.41) is 11.4. The summed E-state index contributed by atoms with van der Waals surface area (Å²) in [6.07, 6.45) is 5.55. The molecule has 17 heavy (non-hydrogen) atoms. The minimum Gasteiger partial charge on any atom is -0.351 e. The summed E-state index contributed by atoms with van der Waals surface area (Å²) in [5.74, 6) is 0.934. The van der Waals surface area contributed by atoms with Crippen molar-refractivity contribution in [2.24, 2.45) is 0 Å². The normalized spacial score (nSPS) is 9.65. The molecule has 0 bridgehead atoms. The minimum absolute atomic E-state index is 0.182. The molecule has 90 valence electrons. The van der Waals surface area contributed by atoms with Crippen LogP contribution >= 0.6 is 11.8 Å². The smallest absolute Gasteiger partial charge is 0.269 e. The lowest BCUT2D eigenvalue weighted by Gasteiger charge is -2.03. The summed E-state index contributed by atoms with van der Waals surface area (Å²) in [7, 11) is 0. The lowest BCUT2D eigenvalue weighted by molar-refractivity contribution is 0.0948. The zero-order valence-electron chi connectivity index (χ0n) is 9.77. The van der Waals surface area contributed by atoms with Gasteiger partial charge in [0, 0.05) is 12.7 Å². The molecule has 0 atom stereocenters. The highest BCUT2D eigenvalue weighted by Crippen LogP contribution is 2.00. The number of carbonyl (C=O) groups excluding carboxylic acids is 1. The largest absolute Gasteiger partial charge is 0.351 e. The number of unbranched alkanes of at least 4 members (excludes halogenated alkanes) is 1. The minimum atomic E-state index is -0.182. The van der Waals surface area contributed by atoms with E-state index in [1.54, 1.807) is 23.9 Å². The maximum Gasteiger partial charge on any atom is 0.269 e. The van der Waals surface area contributed by atoms with Gasteiger partial charge in [-0.05, 0) is 37.0 Å². The molecule has 0 unspecified atom stereocenters. The van der Waals surface area contributed by atoms with Gasteiger partial charge in [-0.2, -0.15) is 17.0 Å². The van der Waals surface area contributed by atoms with Crippen molar-refractivity contribution in [3.63, 3.8) is 0 Å². The number of pyridine rings is 1. The van der Waals surface area contributed by atoms with Crippen LogP contribution in [-0.2, 0) is 0 Å². The van der Waals surface area contributed by atoms with Gasteiger partial charge in [0.2, 0.25) is 0 Å². The number of hydrogen-bond donors (Lipinski definition) is 1. The third kappa shape index (κ3) is 4.87. The van der Waals surface area contributed by atoms with Crippen LogP contribution in [0.5, 0.6) is 0 Å². The van der Waals surface area contributed by atoms with Crippen molar-refractivity contribution in [2.75, 3.05) is 18.6 Å². The van der Waals surface area contributed by atoms with Crippen molar-refractivity contribution < 1.29 is 4.79 Å². The van der Waals surface area contributed by atoms with Gasteiger partial charge in [0.05, 0.1) is 5.56 Å². The van der Waals surface area contributed by atoms with Crippen LogP contribution in [0.1, 0.15) is 28.9 Å². The average Bonchev–Trinajstić information content (AvgIpc) is 2.38. The second kappa shape index (κ2) is 7.69. The number of hydrogen-bond acceptors (Lipinski definition) is 4. The van der Waals surface area contributed by atoms with Crippen LogP contribution in [0.25, 0.3) is 0 Å². The average molecular weight is 249 g/mol. The molecule has 1 amide bonds. The Balaban J connectivity index is 2.34. The number of carbonyl (C=O) groups is 1. The fraction of sp³-hybridized carbons (Fsp3) is 0.417. The highest BCUT2D eigenvalue weighted by molar-refractivity contribution is 7.98. The van der Waals surface area contributed by atoms with Gasteiger partial charge in [0.1, 0.15) is 11.8 Å². The molecule has 0 aromatic carbocycles. The second-order valence-corrected chi connectivity index (χ2v) is 4.49. The first kappa shape index (κ1) is 13.5. The van der Waals surface area contributed by atoms with Crippen LogP contribution in [0.15, 0.2) is 18.3 Å². The Morgan fingerprint density at radius 3 is 2.94 bits per heavy atom. The second-order valence-electron chi connectivity index (χ2n) is 3.50. The number of nitrogens with one attached hydrogen (secondary N) is 1. The highest BCUT2D eigenvalue weighted by Gasteiger charge is 2.05. The van der Waals surface area contributed by atoms with Gasteiger partial charge < -0.3 is 5.32 Å². The Morgan fingerprint density at radius 1 is 1.53 bits per heavy atom. The molecule has 5 heteroatoms. The molecule has 0 aliphatic carbocycles. The van der Waals surface area contributed by atoms with Crippen LogP contribution in [-0.4, -0.2) is 29.4 Å². The molecule has 1 N–H and O–H groups in total. The fourth-order valence-corrected chi connectivity index (χ4v) is 1.75. The Hall–Kier alpha value is -1.54. The van der Waals surface area contributed by atoms with Crippen LogP contribution in [0, 0.1) is 11.3 Å². The van der Waals surface area contributed by atoms with Gasteiger partial charge in [-0.15, -0.1) is 0 Å². The molecule has 4 nitrogen and oxygen atoms in total. The molecule has 0 radical (unpaired) electrons. The fourth-order valence-electron chi connectivity index (χ4n) is 1.26. The molecule has 0 spiro atoms. The zero-order valence-corrected chi connectivity index (χ0v) is 10.6. The highest BCUT2D eigenvalue weighted by atomic mass is 32.2. The van der Waals surface area contributed by atoms with E-state index in [1.165, 1.54) is 6.20 Å². The van der Waals surface area contributed by atoms with Crippen molar-refractivity contribution in [1.29, 1.82) is 5.26 Å². The van der Waals surface area contributed by atoms with E-state index < -0.39 is 0 Å². The summed E-state index contributed by atoms with van der Waals surface area (Å²) < 4.78 is 0. The van der Waals surface area contributed by atoms with Crippen LogP contribution < -0.4 is 5.32 Å². The number of aromatic nitrogens is 1. The summed E-state index contributed by atoms with van der Waals surface area (Å²) in [4.78, 5) is 15.5. The van der Waals surface area contributed by atoms with E-state index in [1.807, 2.05) is 6.07 Å². The topological polar surface area (TPSA) is 65.8 Å². The first-order chi connectivity index (χ1) is 8.27. The zero-order chi connectivity index (χ0) is 12.5. The molecule has 0 saturated carbocycles.